The Kier molecular flexibility index (Phi) is 4.00. The molecule has 0 atom stereocenters. The van der Waals surface area contributed by atoms with Gasteiger partial charge in [0.1, 0.15) is 5.60 Å². The quantitative estimate of drug-likeness (QED) is 0.451. The first-order valence-corrected chi connectivity index (χ1v) is 3.93. The molecule has 0 aliphatic rings. The Morgan fingerprint density at radius 3 is 2.08 bits per heavy atom. The lowest BCUT2D eigenvalue weighted by Crippen LogP contribution is -2.32. The van der Waals surface area contributed by atoms with Crippen LogP contribution in [0.3, 0.4) is 0 Å². The van der Waals surface area contributed by atoms with Crippen molar-refractivity contribution in [3.8, 4) is 0 Å². The number of rotatable bonds is 0. The van der Waals surface area contributed by atoms with Gasteiger partial charge < -0.3 is 9.57 Å². The zero-order chi connectivity index (χ0) is 10.6. The lowest BCUT2D eigenvalue weighted by molar-refractivity contribution is -0.164. The van der Waals surface area contributed by atoms with Gasteiger partial charge in [0, 0.05) is 6.92 Å². The van der Waals surface area contributed by atoms with Gasteiger partial charge in [-0.25, -0.2) is 9.59 Å². The van der Waals surface area contributed by atoms with Crippen molar-refractivity contribution in [2.45, 2.75) is 33.3 Å². The van der Waals surface area contributed by atoms with Crippen LogP contribution >= 0.6 is 11.8 Å². The van der Waals surface area contributed by atoms with Crippen LogP contribution < -0.4 is 0 Å². The number of halogens is 1. The van der Waals surface area contributed by atoms with Crippen molar-refractivity contribution in [2.75, 3.05) is 0 Å². The summed E-state index contributed by atoms with van der Waals surface area (Å²) in [4.78, 5) is 25.6. The number of carbonyl (C=O) groups excluding carboxylic acids is 2. The Morgan fingerprint density at radius 1 is 1.31 bits per heavy atom. The molecular formula is C7H12ClNO4. The van der Waals surface area contributed by atoms with E-state index in [0.717, 1.165) is 6.92 Å². The lowest BCUT2D eigenvalue weighted by Gasteiger charge is -2.21. The number of hydrogen-bond acceptors (Lipinski definition) is 4. The van der Waals surface area contributed by atoms with Gasteiger partial charge in [-0.05, 0) is 25.4 Å². The fourth-order valence-corrected chi connectivity index (χ4v) is 0.580. The van der Waals surface area contributed by atoms with Crippen LogP contribution in [0.2, 0.25) is 0 Å². The summed E-state index contributed by atoms with van der Waals surface area (Å²) >= 11 is 5.25. The summed E-state index contributed by atoms with van der Waals surface area (Å²) in [6, 6.07) is 0. The summed E-state index contributed by atoms with van der Waals surface area (Å²) < 4.78 is 5.01. The summed E-state index contributed by atoms with van der Waals surface area (Å²) in [5, 5.41) is 0. The predicted octanol–water partition coefficient (Wildman–Crippen LogP) is 1.86. The van der Waals surface area contributed by atoms with E-state index in [2.05, 4.69) is 4.84 Å². The third kappa shape index (κ3) is 6.21. The topological polar surface area (TPSA) is 55.8 Å². The van der Waals surface area contributed by atoms with E-state index >= 15 is 0 Å². The molecule has 0 saturated heterocycles. The second-order valence-electron chi connectivity index (χ2n) is 3.31. The van der Waals surface area contributed by atoms with Crippen LogP contribution in [0.1, 0.15) is 27.7 Å². The molecule has 0 aromatic rings. The maximum absolute atomic E-state index is 11.0. The van der Waals surface area contributed by atoms with Crippen molar-refractivity contribution >= 4 is 23.8 Å². The molecule has 0 heterocycles. The first-order chi connectivity index (χ1) is 5.72. The summed E-state index contributed by atoms with van der Waals surface area (Å²) in [5.74, 6) is -0.694. The Balaban J connectivity index is 4.05. The molecule has 6 heteroatoms. The molecule has 0 radical (unpaired) electrons. The minimum absolute atomic E-state index is 0.230. The second kappa shape index (κ2) is 4.32. The van der Waals surface area contributed by atoms with E-state index in [1.165, 1.54) is 0 Å². The van der Waals surface area contributed by atoms with Crippen molar-refractivity contribution in [3.05, 3.63) is 0 Å². The molecule has 0 N–H and O–H groups in total. The fourth-order valence-electron chi connectivity index (χ4n) is 0.448. The summed E-state index contributed by atoms with van der Waals surface area (Å²) in [6.07, 6.45) is -0.927. The first kappa shape index (κ1) is 12.0. The van der Waals surface area contributed by atoms with Gasteiger partial charge in [0.25, 0.3) is 0 Å². The van der Waals surface area contributed by atoms with Gasteiger partial charge in [-0.1, -0.05) is 0 Å². The smallest absolute Gasteiger partial charge is 0.441 e. The lowest BCUT2D eigenvalue weighted by atomic mass is 10.2. The van der Waals surface area contributed by atoms with E-state index < -0.39 is 17.7 Å². The van der Waals surface area contributed by atoms with Gasteiger partial charge in [-0.3, -0.25) is 0 Å². The van der Waals surface area contributed by atoms with E-state index in [0.29, 0.717) is 0 Å². The zero-order valence-electron chi connectivity index (χ0n) is 7.96. The maximum Gasteiger partial charge on any atom is 0.459 e. The van der Waals surface area contributed by atoms with Gasteiger partial charge >= 0.3 is 12.1 Å². The Labute approximate surface area is 81.6 Å². The number of amides is 1. The molecule has 0 unspecified atom stereocenters. The van der Waals surface area contributed by atoms with Crippen LogP contribution in [-0.2, 0) is 14.4 Å². The van der Waals surface area contributed by atoms with Crippen molar-refractivity contribution in [3.63, 3.8) is 0 Å². The van der Waals surface area contributed by atoms with Crippen molar-refractivity contribution in [1.82, 2.24) is 4.58 Å². The molecule has 0 aliphatic carbocycles. The number of hydrogen-bond donors (Lipinski definition) is 0. The second-order valence-corrected chi connectivity index (χ2v) is 3.62. The minimum atomic E-state index is -0.927. The van der Waals surface area contributed by atoms with Gasteiger partial charge in [0.2, 0.25) is 0 Å². The highest BCUT2D eigenvalue weighted by Crippen LogP contribution is 2.11. The van der Waals surface area contributed by atoms with Gasteiger partial charge in [0.15, 0.2) is 0 Å². The van der Waals surface area contributed by atoms with Crippen LogP contribution in [0, 0.1) is 0 Å². The number of ether oxygens (including phenoxy) is 1. The molecule has 0 fully saturated rings. The summed E-state index contributed by atoms with van der Waals surface area (Å²) in [5.41, 5.74) is -0.676. The molecule has 13 heavy (non-hydrogen) atoms. The van der Waals surface area contributed by atoms with Gasteiger partial charge in [-0.2, -0.15) is 0 Å². The van der Waals surface area contributed by atoms with E-state index in [1.54, 1.807) is 20.8 Å². The van der Waals surface area contributed by atoms with Crippen LogP contribution in [0.25, 0.3) is 0 Å². The van der Waals surface area contributed by atoms with Crippen LogP contribution in [0.5, 0.6) is 0 Å². The molecular weight excluding hydrogens is 198 g/mol. The van der Waals surface area contributed by atoms with E-state index in [4.69, 9.17) is 16.5 Å². The Bertz CT molecular complexity index is 211. The van der Waals surface area contributed by atoms with E-state index in [-0.39, 0.29) is 4.58 Å². The highest BCUT2D eigenvalue weighted by molar-refractivity contribution is 6.19. The monoisotopic (exact) mass is 209 g/mol. The van der Waals surface area contributed by atoms with Crippen LogP contribution in [0.15, 0.2) is 0 Å². The molecule has 1 amide bonds. The van der Waals surface area contributed by atoms with Crippen LogP contribution in [-0.4, -0.2) is 22.2 Å². The van der Waals surface area contributed by atoms with E-state index in [9.17, 15) is 9.59 Å². The van der Waals surface area contributed by atoms with Crippen molar-refractivity contribution < 1.29 is 19.2 Å². The molecule has 0 rings (SSSR count). The standard InChI is InChI=1S/C7H12ClNO4/c1-5(10)13-9(8)6(11)12-7(2,3)4/h1-4H3. The zero-order valence-corrected chi connectivity index (χ0v) is 8.71. The normalized spacial score (nSPS) is 10.5. The molecule has 0 spiro atoms. The molecule has 0 aromatic carbocycles. The largest absolute Gasteiger partial charge is 0.459 e. The molecule has 5 nitrogen and oxygen atoms in total. The molecule has 0 saturated carbocycles. The fraction of sp³-hybridized carbons (Fsp3) is 0.714. The maximum atomic E-state index is 11.0. The molecule has 76 valence electrons. The third-order valence-corrected chi connectivity index (χ3v) is 0.953. The Hall–Kier alpha value is -0.970. The van der Waals surface area contributed by atoms with Crippen molar-refractivity contribution in [1.29, 1.82) is 0 Å². The van der Waals surface area contributed by atoms with Crippen LogP contribution in [0.4, 0.5) is 4.79 Å². The highest BCUT2D eigenvalue weighted by atomic mass is 35.5. The first-order valence-electron chi connectivity index (χ1n) is 3.60. The molecule has 0 bridgehead atoms. The predicted molar refractivity (Wildman–Crippen MR) is 45.7 cm³/mol. The number of carbonyl (C=O) groups is 2. The van der Waals surface area contributed by atoms with Crippen molar-refractivity contribution in [2.24, 2.45) is 0 Å². The number of hydroxylamine groups is 1. The highest BCUT2D eigenvalue weighted by Gasteiger charge is 2.23. The molecule has 0 aromatic heterocycles. The third-order valence-electron chi connectivity index (χ3n) is 0.746. The number of nitrogens with zero attached hydrogens (tertiary/aromatic N) is 1. The summed E-state index contributed by atoms with van der Waals surface area (Å²) in [7, 11) is 0. The summed E-state index contributed by atoms with van der Waals surface area (Å²) in [6.45, 7) is 6.13. The average molecular weight is 210 g/mol. The van der Waals surface area contributed by atoms with E-state index in [1.807, 2.05) is 0 Å². The SMILES string of the molecule is CC(=O)ON(Cl)C(=O)OC(C)(C)C. The Morgan fingerprint density at radius 2 is 1.77 bits per heavy atom. The minimum Gasteiger partial charge on any atom is -0.441 e. The average Bonchev–Trinajstić information content (AvgIpc) is 1.81. The molecule has 0 aliphatic heterocycles. The van der Waals surface area contributed by atoms with Gasteiger partial charge in [-0.15, -0.1) is 0 Å². The van der Waals surface area contributed by atoms with Gasteiger partial charge in [0.05, 0.1) is 11.8 Å².